The fourth-order valence-electron chi connectivity index (χ4n) is 2.80. The highest BCUT2D eigenvalue weighted by Gasteiger charge is 2.21. The van der Waals surface area contributed by atoms with Crippen molar-refractivity contribution >= 4 is 73.7 Å². The molecule has 0 fully saturated rings. The van der Waals surface area contributed by atoms with Crippen LogP contribution in [0.25, 0.3) is 16.4 Å². The SMILES string of the molecule is NCc1cc(Cl)cc(-c2nnc(Cl)s2)c1NC(=O)c1cn(-c2ncccc2Cl)nc1Br. The first kappa shape index (κ1) is 22.1. The first-order valence-electron chi connectivity index (χ1n) is 8.56. The second-order valence-electron chi connectivity index (χ2n) is 6.09. The van der Waals surface area contributed by atoms with Crippen molar-refractivity contribution in [3.8, 4) is 16.4 Å². The van der Waals surface area contributed by atoms with E-state index in [0.717, 1.165) is 11.3 Å². The summed E-state index contributed by atoms with van der Waals surface area (Å²) < 4.78 is 1.99. The van der Waals surface area contributed by atoms with Crippen molar-refractivity contribution in [1.82, 2.24) is 25.0 Å². The molecule has 0 saturated carbocycles. The molecule has 0 saturated heterocycles. The average molecular weight is 560 g/mol. The predicted octanol–water partition coefficient (Wildman–Crippen LogP) is 5.22. The lowest BCUT2D eigenvalue weighted by Crippen LogP contribution is -2.15. The first-order valence-corrected chi connectivity index (χ1v) is 11.3. The van der Waals surface area contributed by atoms with Gasteiger partial charge in [0.05, 0.1) is 16.3 Å². The monoisotopic (exact) mass is 557 g/mol. The molecule has 0 aliphatic carbocycles. The molecule has 3 N–H and O–H groups in total. The summed E-state index contributed by atoms with van der Waals surface area (Å²) in [5.41, 5.74) is 7.80. The summed E-state index contributed by atoms with van der Waals surface area (Å²) in [5.74, 6) is -0.0405. The van der Waals surface area contributed by atoms with E-state index < -0.39 is 5.91 Å². The number of carbonyl (C=O) groups excluding carboxylic acids is 1. The van der Waals surface area contributed by atoms with Crippen LogP contribution in [0.1, 0.15) is 15.9 Å². The van der Waals surface area contributed by atoms with Gasteiger partial charge in [0.15, 0.2) is 10.8 Å². The second kappa shape index (κ2) is 9.19. The smallest absolute Gasteiger partial charge is 0.260 e. The molecule has 3 heterocycles. The van der Waals surface area contributed by atoms with Crippen LogP contribution in [0.5, 0.6) is 0 Å². The fourth-order valence-corrected chi connectivity index (χ4v) is 4.55. The number of amides is 1. The van der Waals surface area contributed by atoms with Crippen LogP contribution >= 0.6 is 62.1 Å². The summed E-state index contributed by atoms with van der Waals surface area (Å²) in [6.07, 6.45) is 3.10. The Morgan fingerprint density at radius 2 is 2.06 bits per heavy atom. The number of hydrogen-bond donors (Lipinski definition) is 2. The third kappa shape index (κ3) is 4.59. The normalized spacial score (nSPS) is 11.0. The Bertz CT molecular complexity index is 1290. The Kier molecular flexibility index (Phi) is 6.56. The molecule has 31 heavy (non-hydrogen) atoms. The zero-order valence-corrected chi connectivity index (χ0v) is 20.0. The van der Waals surface area contributed by atoms with Crippen molar-refractivity contribution in [2.75, 3.05) is 5.32 Å². The Morgan fingerprint density at radius 3 is 2.74 bits per heavy atom. The maximum absolute atomic E-state index is 13.1. The molecule has 0 radical (unpaired) electrons. The molecular formula is C18H11BrCl3N7OS. The summed E-state index contributed by atoms with van der Waals surface area (Å²) in [7, 11) is 0. The molecule has 1 amide bonds. The number of pyridine rings is 1. The van der Waals surface area contributed by atoms with Crippen molar-refractivity contribution in [3.63, 3.8) is 0 Å². The van der Waals surface area contributed by atoms with Gasteiger partial charge in [-0.2, -0.15) is 5.10 Å². The van der Waals surface area contributed by atoms with Crippen LogP contribution in [-0.4, -0.2) is 30.9 Å². The van der Waals surface area contributed by atoms with E-state index in [2.05, 4.69) is 41.5 Å². The van der Waals surface area contributed by atoms with E-state index >= 15 is 0 Å². The lowest BCUT2D eigenvalue weighted by molar-refractivity contribution is 0.102. The number of nitrogens with zero attached hydrogens (tertiary/aromatic N) is 5. The van der Waals surface area contributed by atoms with Crippen molar-refractivity contribution < 1.29 is 4.79 Å². The van der Waals surface area contributed by atoms with Crippen LogP contribution in [-0.2, 0) is 6.54 Å². The van der Waals surface area contributed by atoms with E-state index in [1.54, 1.807) is 30.5 Å². The minimum atomic E-state index is -0.431. The maximum Gasteiger partial charge on any atom is 0.260 e. The number of halogens is 4. The number of nitrogens with one attached hydrogen (secondary N) is 1. The third-order valence-electron chi connectivity index (χ3n) is 4.14. The number of benzene rings is 1. The Balaban J connectivity index is 1.74. The van der Waals surface area contributed by atoms with Gasteiger partial charge >= 0.3 is 0 Å². The highest BCUT2D eigenvalue weighted by molar-refractivity contribution is 9.10. The van der Waals surface area contributed by atoms with E-state index in [9.17, 15) is 4.79 Å². The van der Waals surface area contributed by atoms with Gasteiger partial charge in [0, 0.05) is 29.5 Å². The van der Waals surface area contributed by atoms with Crippen LogP contribution in [0.2, 0.25) is 14.5 Å². The highest BCUT2D eigenvalue weighted by Crippen LogP contribution is 2.37. The topological polar surface area (TPSA) is 112 Å². The number of aromatic nitrogens is 5. The molecule has 0 aliphatic heterocycles. The van der Waals surface area contributed by atoms with Crippen LogP contribution in [0, 0.1) is 0 Å². The van der Waals surface area contributed by atoms with Gasteiger partial charge in [-0.15, -0.1) is 10.2 Å². The lowest BCUT2D eigenvalue weighted by Gasteiger charge is -2.14. The van der Waals surface area contributed by atoms with Crippen LogP contribution in [0.3, 0.4) is 0 Å². The molecule has 158 valence electrons. The molecule has 4 aromatic rings. The number of hydrogen-bond acceptors (Lipinski definition) is 7. The van der Waals surface area contributed by atoms with Crippen molar-refractivity contribution in [2.24, 2.45) is 5.73 Å². The average Bonchev–Trinajstić information content (AvgIpc) is 3.34. The summed E-state index contributed by atoms with van der Waals surface area (Å²) in [5, 5.41) is 16.4. The van der Waals surface area contributed by atoms with Gasteiger partial charge < -0.3 is 11.1 Å². The lowest BCUT2D eigenvalue weighted by atomic mass is 10.1. The van der Waals surface area contributed by atoms with E-state index in [1.807, 2.05) is 0 Å². The largest absolute Gasteiger partial charge is 0.326 e. The molecular weight excluding hydrogens is 549 g/mol. The van der Waals surface area contributed by atoms with Crippen LogP contribution in [0.4, 0.5) is 5.69 Å². The molecule has 4 rings (SSSR count). The molecule has 0 aliphatic rings. The van der Waals surface area contributed by atoms with Gasteiger partial charge in [0.1, 0.15) is 4.60 Å². The molecule has 8 nitrogen and oxygen atoms in total. The summed E-state index contributed by atoms with van der Waals surface area (Å²) in [4.78, 5) is 17.3. The van der Waals surface area contributed by atoms with Gasteiger partial charge in [-0.1, -0.05) is 34.5 Å². The molecule has 0 spiro atoms. The van der Waals surface area contributed by atoms with Gasteiger partial charge in [-0.25, -0.2) is 9.67 Å². The Hall–Kier alpha value is -2.08. The van der Waals surface area contributed by atoms with Gasteiger partial charge in [0.2, 0.25) is 4.47 Å². The third-order valence-corrected chi connectivity index (χ3v) is 6.29. The quantitative estimate of drug-likeness (QED) is 0.347. The van der Waals surface area contributed by atoms with E-state index in [-0.39, 0.29) is 16.6 Å². The van der Waals surface area contributed by atoms with Crippen LogP contribution in [0.15, 0.2) is 41.3 Å². The zero-order valence-electron chi connectivity index (χ0n) is 15.3. The van der Waals surface area contributed by atoms with Crippen molar-refractivity contribution in [1.29, 1.82) is 0 Å². The van der Waals surface area contributed by atoms with Gasteiger partial charge in [-0.05, 0) is 57.4 Å². The first-order chi connectivity index (χ1) is 14.9. The second-order valence-corrected chi connectivity index (χ2v) is 9.25. The van der Waals surface area contributed by atoms with E-state index in [0.29, 0.717) is 42.3 Å². The summed E-state index contributed by atoms with van der Waals surface area (Å²) in [6, 6.07) is 6.72. The van der Waals surface area contributed by atoms with E-state index in [1.165, 1.54) is 10.9 Å². The van der Waals surface area contributed by atoms with Crippen molar-refractivity contribution in [2.45, 2.75) is 6.54 Å². The van der Waals surface area contributed by atoms with Gasteiger partial charge in [0.25, 0.3) is 5.91 Å². The predicted molar refractivity (Wildman–Crippen MR) is 125 cm³/mol. The van der Waals surface area contributed by atoms with Crippen LogP contribution < -0.4 is 11.1 Å². The minimum absolute atomic E-state index is 0.139. The molecule has 1 aromatic carbocycles. The highest BCUT2D eigenvalue weighted by atomic mass is 79.9. The molecule has 0 atom stereocenters. The molecule has 0 unspecified atom stereocenters. The maximum atomic E-state index is 13.1. The summed E-state index contributed by atoms with van der Waals surface area (Å²) in [6.45, 7) is 0.139. The number of nitrogens with two attached hydrogens (primary N) is 1. The number of rotatable bonds is 5. The number of anilines is 1. The molecule has 0 bridgehead atoms. The fraction of sp³-hybridized carbons (Fsp3) is 0.0556. The standard InChI is InChI=1S/C18H11BrCl3N7OS/c19-14-11(7-29(28-14)15-12(21)2-1-3-24-15)16(30)25-13-8(6-23)4-9(20)5-10(13)17-26-27-18(22)31-17/h1-5,7H,6,23H2,(H,25,30). The summed E-state index contributed by atoms with van der Waals surface area (Å²) >= 11 is 22.8. The minimum Gasteiger partial charge on any atom is -0.326 e. The molecule has 3 aromatic heterocycles. The zero-order chi connectivity index (χ0) is 22.1. The van der Waals surface area contributed by atoms with Gasteiger partial charge in [-0.3, -0.25) is 4.79 Å². The Morgan fingerprint density at radius 1 is 1.26 bits per heavy atom. The number of carbonyl (C=O) groups is 1. The van der Waals surface area contributed by atoms with Crippen molar-refractivity contribution in [3.05, 3.63) is 66.9 Å². The molecule has 13 heteroatoms. The van der Waals surface area contributed by atoms with E-state index in [4.69, 9.17) is 40.5 Å². The Labute approximate surface area is 203 Å².